The first kappa shape index (κ1) is 13.0. The van der Waals surface area contributed by atoms with Crippen molar-refractivity contribution in [3.63, 3.8) is 0 Å². The maximum atomic E-state index is 4.60. The summed E-state index contributed by atoms with van der Waals surface area (Å²) >= 11 is 1.60. The van der Waals surface area contributed by atoms with E-state index in [-0.39, 0.29) is 0 Å². The van der Waals surface area contributed by atoms with Gasteiger partial charge in [-0.1, -0.05) is 18.2 Å². The Hall–Kier alpha value is -2.73. The molecule has 0 bridgehead atoms. The molecule has 0 unspecified atom stereocenters. The van der Waals surface area contributed by atoms with Crippen molar-refractivity contribution in [3.8, 4) is 10.7 Å². The Morgan fingerprint density at radius 3 is 2.82 bits per heavy atom. The number of fused-ring (bicyclic) bond motifs is 1. The summed E-state index contributed by atoms with van der Waals surface area (Å²) in [4.78, 5) is 16.7. The highest BCUT2D eigenvalue weighted by Gasteiger charge is 2.06. The lowest BCUT2D eigenvalue weighted by atomic mass is 10.3. The normalized spacial score (nSPS) is 10.9. The summed E-state index contributed by atoms with van der Waals surface area (Å²) < 4.78 is 0. The Morgan fingerprint density at radius 2 is 1.95 bits per heavy atom. The molecule has 4 rings (SSSR count). The summed E-state index contributed by atoms with van der Waals surface area (Å²) in [6.45, 7) is 0.628. The van der Waals surface area contributed by atoms with E-state index in [1.807, 2.05) is 47.8 Å². The molecular formula is C16H13N5S. The zero-order valence-electron chi connectivity index (χ0n) is 11.7. The second-order valence-electron chi connectivity index (χ2n) is 4.82. The molecule has 4 aromatic rings. The number of nitrogens with zero attached hydrogens (tertiary/aromatic N) is 3. The molecule has 1 aromatic carbocycles. The molecule has 0 aliphatic heterocycles. The largest absolute Gasteiger partial charge is 0.350 e. The fourth-order valence-electron chi connectivity index (χ4n) is 2.21. The summed E-state index contributed by atoms with van der Waals surface area (Å²) in [7, 11) is 0. The number of hydrogen-bond donors (Lipinski definition) is 2. The zero-order valence-corrected chi connectivity index (χ0v) is 12.5. The number of para-hydroxylation sites is 2. The smallest absolute Gasteiger partial charge is 0.201 e. The highest BCUT2D eigenvalue weighted by Crippen LogP contribution is 2.22. The van der Waals surface area contributed by atoms with E-state index in [1.165, 1.54) is 0 Å². The minimum Gasteiger partial charge on any atom is -0.350 e. The van der Waals surface area contributed by atoms with E-state index in [9.17, 15) is 0 Å². The number of aromatic amines is 1. The molecule has 6 heteroatoms. The minimum atomic E-state index is 0.628. The van der Waals surface area contributed by atoms with Crippen molar-refractivity contribution in [1.29, 1.82) is 0 Å². The monoisotopic (exact) mass is 307 g/mol. The van der Waals surface area contributed by atoms with Crippen LogP contribution < -0.4 is 5.32 Å². The molecule has 3 heterocycles. The lowest BCUT2D eigenvalue weighted by Crippen LogP contribution is -2.01. The van der Waals surface area contributed by atoms with E-state index >= 15 is 0 Å². The third-order valence-electron chi connectivity index (χ3n) is 3.26. The van der Waals surface area contributed by atoms with Crippen LogP contribution in [0, 0.1) is 0 Å². The third-order valence-corrected chi connectivity index (χ3v) is 4.18. The molecule has 22 heavy (non-hydrogen) atoms. The molecular weight excluding hydrogens is 294 g/mol. The second kappa shape index (κ2) is 5.57. The minimum absolute atomic E-state index is 0.628. The predicted molar refractivity (Wildman–Crippen MR) is 88.8 cm³/mol. The lowest BCUT2D eigenvalue weighted by molar-refractivity contribution is 1.04. The van der Waals surface area contributed by atoms with Crippen LogP contribution in [0.25, 0.3) is 21.7 Å². The van der Waals surface area contributed by atoms with Gasteiger partial charge in [0.15, 0.2) is 0 Å². The molecule has 108 valence electrons. The first-order chi connectivity index (χ1) is 10.9. The van der Waals surface area contributed by atoms with Crippen molar-refractivity contribution in [2.75, 3.05) is 5.32 Å². The molecule has 0 spiro atoms. The van der Waals surface area contributed by atoms with Crippen molar-refractivity contribution >= 4 is 28.3 Å². The number of aromatic nitrogens is 4. The maximum Gasteiger partial charge on any atom is 0.201 e. The molecule has 0 aliphatic rings. The van der Waals surface area contributed by atoms with Gasteiger partial charge in [0.25, 0.3) is 0 Å². The van der Waals surface area contributed by atoms with Crippen LogP contribution in [0.4, 0.5) is 5.95 Å². The SMILES string of the molecule is c1ccc(-c2nc(CNc3nc4ccccc4[nH]3)cs2)nc1. The predicted octanol–water partition coefficient (Wildman–Crippen LogP) is 3.69. The first-order valence-electron chi connectivity index (χ1n) is 6.93. The van der Waals surface area contributed by atoms with E-state index in [4.69, 9.17) is 0 Å². The number of imidazole rings is 1. The molecule has 0 saturated heterocycles. The fraction of sp³-hybridized carbons (Fsp3) is 0.0625. The van der Waals surface area contributed by atoms with Gasteiger partial charge in [-0.3, -0.25) is 4.98 Å². The van der Waals surface area contributed by atoms with E-state index in [0.29, 0.717) is 6.54 Å². The van der Waals surface area contributed by atoms with Gasteiger partial charge in [-0.2, -0.15) is 0 Å². The summed E-state index contributed by atoms with van der Waals surface area (Å²) in [5, 5.41) is 6.25. The number of thiazole rings is 1. The van der Waals surface area contributed by atoms with Gasteiger partial charge in [0.1, 0.15) is 5.01 Å². The van der Waals surface area contributed by atoms with Gasteiger partial charge < -0.3 is 10.3 Å². The van der Waals surface area contributed by atoms with E-state index in [2.05, 4.69) is 25.3 Å². The molecule has 2 N–H and O–H groups in total. The summed E-state index contributed by atoms with van der Waals surface area (Å²) in [5.74, 6) is 0.758. The molecule has 3 aromatic heterocycles. The van der Waals surface area contributed by atoms with Crippen molar-refractivity contribution in [1.82, 2.24) is 19.9 Å². The Balaban J connectivity index is 1.49. The first-order valence-corrected chi connectivity index (χ1v) is 7.81. The number of H-pyrrole nitrogens is 1. The van der Waals surface area contributed by atoms with Crippen LogP contribution in [-0.2, 0) is 6.54 Å². The Bertz CT molecular complexity index is 864. The van der Waals surface area contributed by atoms with Crippen LogP contribution in [0.2, 0.25) is 0 Å². The van der Waals surface area contributed by atoms with Gasteiger partial charge in [0, 0.05) is 11.6 Å². The topological polar surface area (TPSA) is 66.5 Å². The molecule has 0 atom stereocenters. The van der Waals surface area contributed by atoms with Gasteiger partial charge in [0.05, 0.1) is 29.0 Å². The molecule has 0 radical (unpaired) electrons. The Morgan fingerprint density at radius 1 is 1.05 bits per heavy atom. The maximum absolute atomic E-state index is 4.60. The zero-order chi connectivity index (χ0) is 14.8. The standard InChI is InChI=1S/C16H13N5S/c1-2-6-13-12(5-1)20-16(21-13)18-9-11-10-22-15(19-11)14-7-3-4-8-17-14/h1-8,10H,9H2,(H2,18,20,21). The van der Waals surface area contributed by atoms with Crippen molar-refractivity contribution in [2.45, 2.75) is 6.54 Å². The number of nitrogens with one attached hydrogen (secondary N) is 2. The van der Waals surface area contributed by atoms with Gasteiger partial charge in [0.2, 0.25) is 5.95 Å². The van der Waals surface area contributed by atoms with Crippen molar-refractivity contribution < 1.29 is 0 Å². The average Bonchev–Trinajstić information content (AvgIpc) is 3.20. The van der Waals surface area contributed by atoms with Crippen molar-refractivity contribution in [2.24, 2.45) is 0 Å². The Labute approximate surface area is 131 Å². The van der Waals surface area contributed by atoms with E-state index in [0.717, 1.165) is 33.4 Å². The van der Waals surface area contributed by atoms with Crippen LogP contribution in [0.1, 0.15) is 5.69 Å². The van der Waals surface area contributed by atoms with Gasteiger partial charge in [-0.05, 0) is 24.3 Å². The lowest BCUT2D eigenvalue weighted by Gasteiger charge is -1.98. The number of anilines is 1. The number of rotatable bonds is 4. The number of benzene rings is 1. The van der Waals surface area contributed by atoms with Crippen LogP contribution in [-0.4, -0.2) is 19.9 Å². The van der Waals surface area contributed by atoms with Crippen LogP contribution in [0.5, 0.6) is 0 Å². The van der Waals surface area contributed by atoms with Crippen LogP contribution in [0.15, 0.2) is 54.0 Å². The molecule has 0 saturated carbocycles. The van der Waals surface area contributed by atoms with Crippen molar-refractivity contribution in [3.05, 3.63) is 59.7 Å². The van der Waals surface area contributed by atoms with Crippen LogP contribution in [0.3, 0.4) is 0 Å². The number of hydrogen-bond acceptors (Lipinski definition) is 5. The summed E-state index contributed by atoms with van der Waals surface area (Å²) in [6, 6.07) is 13.8. The fourth-order valence-corrected chi connectivity index (χ4v) is 3.00. The highest BCUT2D eigenvalue weighted by molar-refractivity contribution is 7.13. The highest BCUT2D eigenvalue weighted by atomic mass is 32.1. The van der Waals surface area contributed by atoms with Crippen LogP contribution >= 0.6 is 11.3 Å². The second-order valence-corrected chi connectivity index (χ2v) is 5.67. The van der Waals surface area contributed by atoms with E-state index in [1.54, 1.807) is 17.5 Å². The summed E-state index contributed by atoms with van der Waals surface area (Å²) in [6.07, 6.45) is 1.78. The van der Waals surface area contributed by atoms with Gasteiger partial charge in [-0.15, -0.1) is 11.3 Å². The molecule has 0 fully saturated rings. The Kier molecular flexibility index (Phi) is 3.29. The molecule has 5 nitrogen and oxygen atoms in total. The molecule has 0 aliphatic carbocycles. The summed E-state index contributed by atoms with van der Waals surface area (Å²) in [5.41, 5.74) is 3.86. The number of pyridine rings is 1. The van der Waals surface area contributed by atoms with Gasteiger partial charge >= 0.3 is 0 Å². The van der Waals surface area contributed by atoms with Gasteiger partial charge in [-0.25, -0.2) is 9.97 Å². The molecule has 0 amide bonds. The van der Waals surface area contributed by atoms with E-state index < -0.39 is 0 Å². The quantitative estimate of drug-likeness (QED) is 0.603. The average molecular weight is 307 g/mol. The third kappa shape index (κ3) is 2.56.